The van der Waals surface area contributed by atoms with Crippen LogP contribution in [0.15, 0.2) is 0 Å². The molecule has 1 saturated heterocycles. The van der Waals surface area contributed by atoms with Gasteiger partial charge in [0.1, 0.15) is 0 Å². The van der Waals surface area contributed by atoms with Crippen molar-refractivity contribution >= 4 is 0 Å². The van der Waals surface area contributed by atoms with Crippen LogP contribution in [0.2, 0.25) is 0 Å². The van der Waals surface area contributed by atoms with Gasteiger partial charge in [0.05, 0.1) is 13.2 Å². The second kappa shape index (κ2) is 8.01. The fraction of sp³-hybridized carbons (Fsp3) is 1.00. The van der Waals surface area contributed by atoms with Gasteiger partial charge in [0.25, 0.3) is 0 Å². The Bertz CT molecular complexity index is 170. The molecular formula is C12H27N3O. The molecule has 4 nitrogen and oxygen atoms in total. The summed E-state index contributed by atoms with van der Waals surface area (Å²) in [7, 11) is 2.20. The molecule has 16 heavy (non-hydrogen) atoms. The molecule has 0 bridgehead atoms. The first kappa shape index (κ1) is 13.9. The minimum absolute atomic E-state index is 0.590. The lowest BCUT2D eigenvalue weighted by Crippen LogP contribution is -2.42. The van der Waals surface area contributed by atoms with Crippen molar-refractivity contribution in [1.29, 1.82) is 0 Å². The van der Waals surface area contributed by atoms with Gasteiger partial charge in [0, 0.05) is 45.3 Å². The van der Waals surface area contributed by atoms with Gasteiger partial charge in [-0.2, -0.15) is 0 Å². The fourth-order valence-electron chi connectivity index (χ4n) is 1.79. The molecule has 0 aromatic heterocycles. The minimum Gasteiger partial charge on any atom is -0.379 e. The number of nitrogens with one attached hydrogen (secondary N) is 1. The summed E-state index contributed by atoms with van der Waals surface area (Å²) < 4.78 is 5.33. The van der Waals surface area contributed by atoms with Crippen LogP contribution in [-0.4, -0.2) is 75.4 Å². The van der Waals surface area contributed by atoms with E-state index in [0.717, 1.165) is 45.9 Å². The molecule has 0 aromatic carbocycles. The highest BCUT2D eigenvalue weighted by atomic mass is 16.5. The van der Waals surface area contributed by atoms with Crippen molar-refractivity contribution < 1.29 is 4.74 Å². The van der Waals surface area contributed by atoms with Crippen molar-refractivity contribution in [1.82, 2.24) is 15.1 Å². The maximum absolute atomic E-state index is 5.33. The molecule has 0 aromatic rings. The molecule has 1 rings (SSSR count). The third-order valence-corrected chi connectivity index (χ3v) is 2.95. The van der Waals surface area contributed by atoms with Gasteiger partial charge in [-0.15, -0.1) is 0 Å². The van der Waals surface area contributed by atoms with Crippen LogP contribution in [0, 0.1) is 0 Å². The van der Waals surface area contributed by atoms with Crippen molar-refractivity contribution in [3.05, 3.63) is 0 Å². The predicted octanol–water partition coefficient (Wildman–Crippen LogP) is 0.248. The molecule has 0 unspecified atom stereocenters. The average Bonchev–Trinajstić information content (AvgIpc) is 2.27. The number of nitrogens with zero attached hydrogens (tertiary/aromatic N) is 2. The summed E-state index contributed by atoms with van der Waals surface area (Å²) in [5.74, 6) is 0. The third kappa shape index (κ3) is 6.43. The van der Waals surface area contributed by atoms with Crippen LogP contribution in [0.1, 0.15) is 13.8 Å². The zero-order chi connectivity index (χ0) is 11.8. The molecule has 0 aliphatic carbocycles. The minimum atomic E-state index is 0.590. The Morgan fingerprint density at radius 3 is 2.56 bits per heavy atom. The summed E-state index contributed by atoms with van der Waals surface area (Å²) in [5.41, 5.74) is 0. The second-order valence-corrected chi connectivity index (χ2v) is 4.87. The molecule has 0 spiro atoms. The lowest BCUT2D eigenvalue weighted by Gasteiger charge is -2.28. The van der Waals surface area contributed by atoms with E-state index in [1.165, 1.54) is 6.54 Å². The first-order valence-electron chi connectivity index (χ1n) is 6.40. The first-order chi connectivity index (χ1) is 7.68. The van der Waals surface area contributed by atoms with E-state index in [2.05, 4.69) is 36.0 Å². The standard InChI is InChI=1S/C12H27N3O/c1-12(2)13-4-5-14(3)6-7-15-8-10-16-11-9-15/h12-13H,4-11H2,1-3H3. The Balaban J connectivity index is 1.98. The molecule has 1 aliphatic heterocycles. The van der Waals surface area contributed by atoms with Crippen LogP contribution < -0.4 is 5.32 Å². The number of likely N-dealkylation sites (N-methyl/N-ethyl adjacent to an activating group) is 1. The summed E-state index contributed by atoms with van der Waals surface area (Å²) in [6.45, 7) is 12.9. The molecule has 1 N–H and O–H groups in total. The van der Waals surface area contributed by atoms with Crippen LogP contribution >= 0.6 is 0 Å². The molecule has 1 aliphatic rings. The van der Waals surface area contributed by atoms with Crippen LogP contribution in [0.25, 0.3) is 0 Å². The number of ether oxygens (including phenoxy) is 1. The number of hydrogen-bond acceptors (Lipinski definition) is 4. The van der Waals surface area contributed by atoms with Crippen molar-refractivity contribution in [3.8, 4) is 0 Å². The fourth-order valence-corrected chi connectivity index (χ4v) is 1.79. The normalized spacial score (nSPS) is 18.6. The van der Waals surface area contributed by atoms with Crippen LogP contribution in [0.5, 0.6) is 0 Å². The van der Waals surface area contributed by atoms with Crippen LogP contribution in [0.4, 0.5) is 0 Å². The van der Waals surface area contributed by atoms with Gasteiger partial charge in [-0.3, -0.25) is 4.90 Å². The molecule has 0 amide bonds. The van der Waals surface area contributed by atoms with Crippen LogP contribution in [0.3, 0.4) is 0 Å². The van der Waals surface area contributed by atoms with Crippen molar-refractivity contribution in [2.24, 2.45) is 0 Å². The van der Waals surface area contributed by atoms with E-state index in [4.69, 9.17) is 4.74 Å². The van der Waals surface area contributed by atoms with Crippen LogP contribution in [-0.2, 0) is 4.74 Å². The van der Waals surface area contributed by atoms with Crippen molar-refractivity contribution in [2.75, 3.05) is 59.5 Å². The summed E-state index contributed by atoms with van der Waals surface area (Å²) >= 11 is 0. The monoisotopic (exact) mass is 229 g/mol. The Hall–Kier alpha value is -0.160. The highest BCUT2D eigenvalue weighted by molar-refractivity contribution is 4.65. The molecule has 4 heteroatoms. The number of morpholine rings is 1. The summed E-state index contributed by atoms with van der Waals surface area (Å²) in [5, 5.41) is 3.44. The zero-order valence-corrected chi connectivity index (χ0v) is 11.0. The topological polar surface area (TPSA) is 27.7 Å². The van der Waals surface area contributed by atoms with E-state index in [1.807, 2.05) is 0 Å². The van der Waals surface area contributed by atoms with E-state index < -0.39 is 0 Å². The van der Waals surface area contributed by atoms with E-state index >= 15 is 0 Å². The van der Waals surface area contributed by atoms with Gasteiger partial charge in [0.15, 0.2) is 0 Å². The molecule has 0 radical (unpaired) electrons. The number of hydrogen-bond donors (Lipinski definition) is 1. The van der Waals surface area contributed by atoms with Crippen molar-refractivity contribution in [3.63, 3.8) is 0 Å². The smallest absolute Gasteiger partial charge is 0.0594 e. The molecular weight excluding hydrogens is 202 g/mol. The largest absolute Gasteiger partial charge is 0.379 e. The zero-order valence-electron chi connectivity index (χ0n) is 11.0. The molecule has 96 valence electrons. The van der Waals surface area contributed by atoms with E-state index in [9.17, 15) is 0 Å². The lowest BCUT2D eigenvalue weighted by atomic mass is 10.3. The Labute approximate surface area is 99.9 Å². The number of rotatable bonds is 7. The SMILES string of the molecule is CC(C)NCCN(C)CCN1CCOCC1. The third-order valence-electron chi connectivity index (χ3n) is 2.95. The molecule has 1 fully saturated rings. The van der Waals surface area contributed by atoms with Gasteiger partial charge in [0.2, 0.25) is 0 Å². The first-order valence-corrected chi connectivity index (χ1v) is 6.40. The maximum Gasteiger partial charge on any atom is 0.0594 e. The van der Waals surface area contributed by atoms with Gasteiger partial charge >= 0.3 is 0 Å². The Morgan fingerprint density at radius 2 is 1.94 bits per heavy atom. The highest BCUT2D eigenvalue weighted by Crippen LogP contribution is 1.96. The van der Waals surface area contributed by atoms with Gasteiger partial charge in [-0.1, -0.05) is 13.8 Å². The van der Waals surface area contributed by atoms with E-state index in [1.54, 1.807) is 0 Å². The molecule has 1 heterocycles. The van der Waals surface area contributed by atoms with Gasteiger partial charge in [-0.25, -0.2) is 0 Å². The lowest BCUT2D eigenvalue weighted by molar-refractivity contribution is 0.0345. The van der Waals surface area contributed by atoms with Crippen molar-refractivity contribution in [2.45, 2.75) is 19.9 Å². The second-order valence-electron chi connectivity index (χ2n) is 4.87. The Morgan fingerprint density at radius 1 is 1.25 bits per heavy atom. The summed E-state index contributed by atoms with van der Waals surface area (Å²) in [6, 6.07) is 0.590. The summed E-state index contributed by atoms with van der Waals surface area (Å²) in [6.07, 6.45) is 0. The van der Waals surface area contributed by atoms with Gasteiger partial charge in [-0.05, 0) is 7.05 Å². The van der Waals surface area contributed by atoms with Gasteiger partial charge < -0.3 is 15.0 Å². The highest BCUT2D eigenvalue weighted by Gasteiger charge is 2.10. The molecule has 0 saturated carbocycles. The quantitative estimate of drug-likeness (QED) is 0.677. The Kier molecular flexibility index (Phi) is 6.96. The average molecular weight is 229 g/mol. The predicted molar refractivity (Wildman–Crippen MR) is 67.9 cm³/mol. The van der Waals surface area contributed by atoms with E-state index in [-0.39, 0.29) is 0 Å². The van der Waals surface area contributed by atoms with E-state index in [0.29, 0.717) is 6.04 Å². The maximum atomic E-state index is 5.33. The summed E-state index contributed by atoms with van der Waals surface area (Å²) in [4.78, 5) is 4.88. The molecule has 0 atom stereocenters.